The lowest BCUT2D eigenvalue weighted by Crippen LogP contribution is -2.32. The van der Waals surface area contributed by atoms with Crippen molar-refractivity contribution in [2.24, 2.45) is 5.92 Å². The van der Waals surface area contributed by atoms with Gasteiger partial charge in [0, 0.05) is 6.42 Å². The molecule has 0 aliphatic rings. The second kappa shape index (κ2) is 18.0. The molecular weight excluding hydrogens is 396 g/mol. The zero-order valence-corrected chi connectivity index (χ0v) is 20.1. The number of carboxylic acids is 2. The largest absolute Gasteiger partial charge is 0.481 e. The number of rotatable bonds is 20. The number of unbranched alkanes of at least 4 members (excludes halogenated alkanes) is 14. The first-order valence-corrected chi connectivity index (χ1v) is 12.3. The number of hydrogen-bond donors (Lipinski definition) is 2. The minimum atomic E-state index is -1.09. The van der Waals surface area contributed by atoms with Crippen LogP contribution in [0.2, 0.25) is 0 Å². The molecule has 0 heterocycles. The molecule has 0 rings (SSSR count). The SMILES string of the molecule is CC(C)(C)OC(=O)C(CCCCCCCCCCCCCCCCCC(=O)O)C(=O)O. The van der Waals surface area contributed by atoms with Gasteiger partial charge in [0.05, 0.1) is 0 Å². The van der Waals surface area contributed by atoms with Gasteiger partial charge in [-0.25, -0.2) is 0 Å². The van der Waals surface area contributed by atoms with Gasteiger partial charge in [0.25, 0.3) is 0 Å². The van der Waals surface area contributed by atoms with Gasteiger partial charge in [-0.05, 0) is 33.6 Å². The number of esters is 1. The van der Waals surface area contributed by atoms with Crippen LogP contribution in [-0.4, -0.2) is 33.7 Å². The Morgan fingerprint density at radius 3 is 1.32 bits per heavy atom. The molecule has 2 N–H and O–H groups in total. The Morgan fingerprint density at radius 2 is 1.00 bits per heavy atom. The van der Waals surface area contributed by atoms with Crippen LogP contribution < -0.4 is 0 Å². The van der Waals surface area contributed by atoms with Crippen molar-refractivity contribution in [3.63, 3.8) is 0 Å². The first-order chi connectivity index (χ1) is 14.6. The Bertz CT molecular complexity index is 495. The van der Waals surface area contributed by atoms with Crippen LogP contribution in [0.4, 0.5) is 0 Å². The van der Waals surface area contributed by atoms with Crippen molar-refractivity contribution in [1.82, 2.24) is 0 Å². The second-order valence-corrected chi connectivity index (χ2v) is 9.66. The smallest absolute Gasteiger partial charge is 0.320 e. The van der Waals surface area contributed by atoms with E-state index in [1.54, 1.807) is 20.8 Å². The van der Waals surface area contributed by atoms with E-state index in [4.69, 9.17) is 9.84 Å². The molecule has 0 aromatic rings. The summed E-state index contributed by atoms with van der Waals surface area (Å²) in [7, 11) is 0. The Morgan fingerprint density at radius 1 is 0.645 bits per heavy atom. The minimum absolute atomic E-state index is 0.301. The molecule has 6 nitrogen and oxygen atoms in total. The van der Waals surface area contributed by atoms with Gasteiger partial charge >= 0.3 is 17.9 Å². The van der Waals surface area contributed by atoms with Crippen LogP contribution in [0.25, 0.3) is 0 Å². The molecule has 0 fully saturated rings. The zero-order chi connectivity index (χ0) is 23.5. The first kappa shape index (κ1) is 29.4. The Labute approximate surface area is 189 Å². The molecule has 0 saturated carbocycles. The van der Waals surface area contributed by atoms with Gasteiger partial charge < -0.3 is 14.9 Å². The quantitative estimate of drug-likeness (QED) is 0.123. The summed E-state index contributed by atoms with van der Waals surface area (Å²) in [6, 6.07) is 0. The fourth-order valence-corrected chi connectivity index (χ4v) is 3.64. The molecular formula is C25H46O6. The molecule has 182 valence electrons. The highest BCUT2D eigenvalue weighted by Crippen LogP contribution is 2.18. The van der Waals surface area contributed by atoms with E-state index in [0.717, 1.165) is 38.5 Å². The third-order valence-corrected chi connectivity index (χ3v) is 5.37. The fraction of sp³-hybridized carbons (Fsp3) is 0.880. The molecule has 0 amide bonds. The number of aliphatic carboxylic acids is 2. The van der Waals surface area contributed by atoms with E-state index in [1.165, 1.54) is 57.8 Å². The summed E-state index contributed by atoms with van der Waals surface area (Å²) in [6.45, 7) is 5.24. The molecule has 0 saturated heterocycles. The summed E-state index contributed by atoms with van der Waals surface area (Å²) in [5.41, 5.74) is -0.659. The average molecular weight is 443 g/mol. The highest BCUT2D eigenvalue weighted by molar-refractivity contribution is 5.94. The summed E-state index contributed by atoms with van der Waals surface area (Å²) >= 11 is 0. The molecule has 0 spiro atoms. The summed E-state index contributed by atoms with van der Waals surface area (Å²) < 4.78 is 5.21. The molecule has 0 aliphatic heterocycles. The molecule has 0 aromatic heterocycles. The van der Waals surface area contributed by atoms with E-state index in [1.807, 2.05) is 0 Å². The number of carbonyl (C=O) groups is 3. The van der Waals surface area contributed by atoms with Crippen LogP contribution in [0, 0.1) is 5.92 Å². The predicted octanol–water partition coefficient (Wildman–Crippen LogP) is 6.75. The average Bonchev–Trinajstić information content (AvgIpc) is 2.65. The van der Waals surface area contributed by atoms with Gasteiger partial charge in [-0.15, -0.1) is 0 Å². The lowest BCUT2D eigenvalue weighted by atomic mass is 9.99. The van der Waals surface area contributed by atoms with Gasteiger partial charge in [0.2, 0.25) is 0 Å². The fourth-order valence-electron chi connectivity index (χ4n) is 3.64. The van der Waals surface area contributed by atoms with Gasteiger partial charge in [-0.2, -0.15) is 0 Å². The van der Waals surface area contributed by atoms with Crippen molar-refractivity contribution in [3.8, 4) is 0 Å². The molecule has 1 unspecified atom stereocenters. The van der Waals surface area contributed by atoms with Crippen LogP contribution in [0.15, 0.2) is 0 Å². The van der Waals surface area contributed by atoms with E-state index >= 15 is 0 Å². The summed E-state index contributed by atoms with van der Waals surface area (Å²) in [6.07, 6.45) is 17.7. The lowest BCUT2D eigenvalue weighted by molar-refractivity contribution is -0.167. The van der Waals surface area contributed by atoms with E-state index in [0.29, 0.717) is 12.8 Å². The molecule has 0 bridgehead atoms. The van der Waals surface area contributed by atoms with Crippen molar-refractivity contribution in [2.75, 3.05) is 0 Å². The molecule has 0 radical (unpaired) electrons. The monoisotopic (exact) mass is 442 g/mol. The third-order valence-electron chi connectivity index (χ3n) is 5.37. The molecule has 0 aliphatic carbocycles. The molecule has 6 heteroatoms. The minimum Gasteiger partial charge on any atom is -0.481 e. The highest BCUT2D eigenvalue weighted by atomic mass is 16.6. The maximum atomic E-state index is 12.0. The Balaban J connectivity index is 3.48. The van der Waals surface area contributed by atoms with E-state index in [-0.39, 0.29) is 0 Å². The van der Waals surface area contributed by atoms with Gasteiger partial charge in [-0.3, -0.25) is 14.4 Å². The first-order valence-electron chi connectivity index (χ1n) is 12.3. The Hall–Kier alpha value is -1.59. The summed E-state index contributed by atoms with van der Waals surface area (Å²) in [5, 5.41) is 17.8. The number of ether oxygens (including phenoxy) is 1. The topological polar surface area (TPSA) is 101 Å². The van der Waals surface area contributed by atoms with Crippen LogP contribution in [-0.2, 0) is 19.1 Å². The molecule has 31 heavy (non-hydrogen) atoms. The van der Waals surface area contributed by atoms with Crippen molar-refractivity contribution in [3.05, 3.63) is 0 Å². The maximum Gasteiger partial charge on any atom is 0.320 e. The lowest BCUT2D eigenvalue weighted by Gasteiger charge is -2.22. The summed E-state index contributed by atoms with van der Waals surface area (Å²) in [5.74, 6) is -3.46. The van der Waals surface area contributed by atoms with Crippen LogP contribution in [0.5, 0.6) is 0 Å². The normalized spacial score (nSPS) is 12.5. The third kappa shape index (κ3) is 20.1. The number of carboxylic acid groups (broad SMARTS) is 2. The summed E-state index contributed by atoms with van der Waals surface area (Å²) in [4.78, 5) is 33.7. The van der Waals surface area contributed by atoms with Gasteiger partial charge in [0.15, 0.2) is 5.92 Å². The van der Waals surface area contributed by atoms with Crippen molar-refractivity contribution >= 4 is 17.9 Å². The predicted molar refractivity (Wildman–Crippen MR) is 123 cm³/mol. The number of carbonyl (C=O) groups excluding carboxylic acids is 1. The van der Waals surface area contributed by atoms with Gasteiger partial charge in [0.1, 0.15) is 5.60 Å². The molecule has 1 atom stereocenters. The number of hydrogen-bond acceptors (Lipinski definition) is 4. The van der Waals surface area contributed by atoms with Crippen molar-refractivity contribution < 1.29 is 29.3 Å². The van der Waals surface area contributed by atoms with E-state index in [9.17, 15) is 19.5 Å². The zero-order valence-electron chi connectivity index (χ0n) is 20.1. The van der Waals surface area contributed by atoms with E-state index < -0.39 is 29.4 Å². The van der Waals surface area contributed by atoms with Crippen LogP contribution >= 0.6 is 0 Å². The highest BCUT2D eigenvalue weighted by Gasteiger charge is 2.30. The van der Waals surface area contributed by atoms with Gasteiger partial charge in [-0.1, -0.05) is 89.9 Å². The maximum absolute atomic E-state index is 12.0. The van der Waals surface area contributed by atoms with E-state index in [2.05, 4.69) is 0 Å². The van der Waals surface area contributed by atoms with Crippen molar-refractivity contribution in [2.45, 2.75) is 136 Å². The van der Waals surface area contributed by atoms with Crippen molar-refractivity contribution in [1.29, 1.82) is 0 Å². The van der Waals surface area contributed by atoms with Crippen LogP contribution in [0.3, 0.4) is 0 Å². The van der Waals surface area contributed by atoms with Crippen LogP contribution in [0.1, 0.15) is 130 Å². The molecule has 0 aromatic carbocycles. The Kier molecular flexibility index (Phi) is 17.1. The second-order valence-electron chi connectivity index (χ2n) is 9.66. The standard InChI is InChI=1S/C25H46O6/c1-25(2,3)31-24(30)21(23(28)29)19-17-15-13-11-9-7-5-4-6-8-10-12-14-16-18-20-22(26)27/h21H,4-20H2,1-3H3,(H,26,27)(H,28,29).